The van der Waals surface area contributed by atoms with E-state index in [1.807, 2.05) is 24.3 Å². The molecule has 0 aliphatic rings. The van der Waals surface area contributed by atoms with Crippen molar-refractivity contribution < 1.29 is 4.39 Å². The van der Waals surface area contributed by atoms with E-state index in [0.717, 1.165) is 12.1 Å². The summed E-state index contributed by atoms with van der Waals surface area (Å²) in [6, 6.07) is 10.8. The molecule has 0 amide bonds. The average Bonchev–Trinajstić information content (AvgIpc) is 2.46. The van der Waals surface area contributed by atoms with E-state index in [2.05, 4.69) is 22.2 Å². The summed E-state index contributed by atoms with van der Waals surface area (Å²) >= 11 is 0. The van der Waals surface area contributed by atoms with E-state index in [9.17, 15) is 4.39 Å². The summed E-state index contributed by atoms with van der Waals surface area (Å²) in [5, 5.41) is 2.98. The van der Waals surface area contributed by atoms with Crippen LogP contribution in [0.2, 0.25) is 0 Å². The Morgan fingerprint density at radius 2 is 2.14 bits per heavy atom. The molecule has 0 aliphatic carbocycles. The molecule has 0 saturated carbocycles. The summed E-state index contributed by atoms with van der Waals surface area (Å²) in [5.41, 5.74) is 8.14. The fraction of sp³-hybridized carbons (Fsp3) is 0.200. The molecule has 0 unspecified atom stereocenters. The third kappa shape index (κ3) is 5.30. The molecular weight excluding hydrogens is 382 g/mol. The zero-order valence-corrected chi connectivity index (χ0v) is 14.0. The quantitative estimate of drug-likeness (QED) is 0.470. The molecule has 2 rings (SSSR count). The first-order valence-electron chi connectivity index (χ1n) is 6.44. The highest BCUT2D eigenvalue weighted by Crippen LogP contribution is 2.11. The van der Waals surface area contributed by atoms with Gasteiger partial charge >= 0.3 is 0 Å². The molecule has 0 atom stereocenters. The molecule has 0 bridgehead atoms. The Morgan fingerprint density at radius 1 is 1.33 bits per heavy atom. The maximum absolute atomic E-state index is 13.4. The van der Waals surface area contributed by atoms with Crippen LogP contribution in [0.5, 0.6) is 0 Å². The predicted octanol–water partition coefficient (Wildman–Crippen LogP) is 3.33. The number of rotatable bonds is 4. The van der Waals surface area contributed by atoms with E-state index in [4.69, 9.17) is 5.73 Å². The van der Waals surface area contributed by atoms with Crippen LogP contribution in [-0.4, -0.2) is 10.9 Å². The molecule has 21 heavy (non-hydrogen) atoms. The van der Waals surface area contributed by atoms with Gasteiger partial charge in [0, 0.05) is 11.9 Å². The summed E-state index contributed by atoms with van der Waals surface area (Å²) in [4.78, 5) is 8.01. The molecular formula is C15H18FIN4. The predicted molar refractivity (Wildman–Crippen MR) is 94.4 cm³/mol. The molecule has 4 nitrogen and oxygen atoms in total. The number of anilines is 1. The molecule has 1 heterocycles. The van der Waals surface area contributed by atoms with Gasteiger partial charge < -0.3 is 11.1 Å². The lowest BCUT2D eigenvalue weighted by atomic mass is 10.1. The molecule has 2 aromatic rings. The minimum atomic E-state index is -0.378. The maximum Gasteiger partial charge on any atom is 0.193 e. The number of nitrogens with zero attached hydrogens (tertiary/aromatic N) is 2. The number of hydrogen-bond donors (Lipinski definition) is 2. The van der Waals surface area contributed by atoms with Gasteiger partial charge in [-0.25, -0.2) is 9.38 Å². The summed E-state index contributed by atoms with van der Waals surface area (Å²) in [6.45, 7) is 2.19. The Labute approximate surface area is 140 Å². The Hall–Kier alpha value is -1.70. The third-order valence-corrected chi connectivity index (χ3v) is 2.84. The lowest BCUT2D eigenvalue weighted by molar-refractivity contribution is 0.600. The topological polar surface area (TPSA) is 63.3 Å². The Morgan fingerprint density at radius 3 is 2.86 bits per heavy atom. The van der Waals surface area contributed by atoms with Gasteiger partial charge in [0.2, 0.25) is 0 Å². The van der Waals surface area contributed by atoms with Gasteiger partial charge in [0.25, 0.3) is 0 Å². The van der Waals surface area contributed by atoms with Crippen molar-refractivity contribution in [3.05, 3.63) is 59.7 Å². The fourth-order valence-corrected chi connectivity index (χ4v) is 1.75. The van der Waals surface area contributed by atoms with E-state index >= 15 is 0 Å². The van der Waals surface area contributed by atoms with Crippen molar-refractivity contribution in [2.24, 2.45) is 10.7 Å². The van der Waals surface area contributed by atoms with E-state index in [-0.39, 0.29) is 48.0 Å². The van der Waals surface area contributed by atoms with Gasteiger partial charge in [-0.2, -0.15) is 0 Å². The lowest BCUT2D eigenvalue weighted by Gasteiger charge is -2.07. The standard InChI is InChI=1S/C15H17FN4.HI/c1-2-11-5-3-6-12(9-11)20-15(17)19-10-14-13(16)7-4-8-18-14;/h3-9H,2,10H2,1H3,(H3,17,19,20);1H. The van der Waals surface area contributed by atoms with Gasteiger partial charge in [0.15, 0.2) is 5.96 Å². The van der Waals surface area contributed by atoms with Crippen molar-refractivity contribution >= 4 is 35.6 Å². The van der Waals surface area contributed by atoms with Crippen molar-refractivity contribution in [2.75, 3.05) is 5.32 Å². The van der Waals surface area contributed by atoms with E-state index in [1.165, 1.54) is 17.8 Å². The summed E-state index contributed by atoms with van der Waals surface area (Å²) in [7, 11) is 0. The number of benzene rings is 1. The molecule has 0 radical (unpaired) electrons. The third-order valence-electron chi connectivity index (χ3n) is 2.84. The number of halogens is 2. The molecule has 3 N–H and O–H groups in total. The molecule has 112 valence electrons. The first-order chi connectivity index (χ1) is 9.69. The van der Waals surface area contributed by atoms with E-state index < -0.39 is 0 Å². The normalized spacial score (nSPS) is 10.9. The van der Waals surface area contributed by atoms with E-state index in [1.54, 1.807) is 6.07 Å². The van der Waals surface area contributed by atoms with Gasteiger partial charge in [-0.1, -0.05) is 19.1 Å². The van der Waals surface area contributed by atoms with Crippen LogP contribution in [0.15, 0.2) is 47.6 Å². The minimum absolute atomic E-state index is 0. The number of nitrogens with two attached hydrogens (primary N) is 1. The van der Waals surface area contributed by atoms with Crippen LogP contribution >= 0.6 is 24.0 Å². The van der Waals surface area contributed by atoms with Crippen LogP contribution in [0.25, 0.3) is 0 Å². The SMILES string of the molecule is CCc1cccc(NC(N)=NCc2ncccc2F)c1.I. The van der Waals surface area contributed by atoms with E-state index in [0.29, 0.717) is 0 Å². The Bertz CT molecular complexity index is 616. The smallest absolute Gasteiger partial charge is 0.193 e. The number of guanidine groups is 1. The highest BCUT2D eigenvalue weighted by molar-refractivity contribution is 14.0. The summed E-state index contributed by atoms with van der Waals surface area (Å²) < 4.78 is 13.4. The van der Waals surface area contributed by atoms with Crippen LogP contribution in [0.3, 0.4) is 0 Å². The van der Waals surface area contributed by atoms with Crippen molar-refractivity contribution in [3.63, 3.8) is 0 Å². The number of aryl methyl sites for hydroxylation is 1. The molecule has 1 aromatic carbocycles. The Kier molecular flexibility index (Phi) is 7.07. The molecule has 1 aromatic heterocycles. The second kappa shape index (κ2) is 8.56. The number of aromatic nitrogens is 1. The molecule has 0 aliphatic heterocycles. The van der Waals surface area contributed by atoms with Gasteiger partial charge in [0.1, 0.15) is 5.82 Å². The maximum atomic E-state index is 13.4. The van der Waals surface area contributed by atoms with Crippen molar-refractivity contribution in [1.29, 1.82) is 0 Å². The largest absolute Gasteiger partial charge is 0.370 e. The number of aliphatic imine (C=N–C) groups is 1. The summed E-state index contributed by atoms with van der Waals surface area (Å²) in [6.07, 6.45) is 2.48. The monoisotopic (exact) mass is 400 g/mol. The molecule has 0 saturated heterocycles. The highest BCUT2D eigenvalue weighted by Gasteiger charge is 2.02. The van der Waals surface area contributed by atoms with Crippen molar-refractivity contribution in [1.82, 2.24) is 4.98 Å². The molecule has 6 heteroatoms. The van der Waals surface area contributed by atoms with Crippen LogP contribution < -0.4 is 11.1 Å². The lowest BCUT2D eigenvalue weighted by Crippen LogP contribution is -2.22. The molecule has 0 spiro atoms. The molecule has 0 fully saturated rings. The van der Waals surface area contributed by atoms with Crippen LogP contribution in [0.4, 0.5) is 10.1 Å². The van der Waals surface area contributed by atoms with Crippen molar-refractivity contribution in [2.45, 2.75) is 19.9 Å². The minimum Gasteiger partial charge on any atom is -0.370 e. The second-order valence-corrected chi connectivity index (χ2v) is 4.31. The van der Waals surface area contributed by atoms with Gasteiger partial charge in [-0.05, 0) is 36.2 Å². The summed E-state index contributed by atoms with van der Waals surface area (Å²) in [5.74, 6) is -0.139. The average molecular weight is 400 g/mol. The Balaban J connectivity index is 0.00000220. The van der Waals surface area contributed by atoms with Crippen LogP contribution in [0, 0.1) is 5.82 Å². The number of pyridine rings is 1. The first kappa shape index (κ1) is 17.4. The number of hydrogen-bond acceptors (Lipinski definition) is 2. The fourth-order valence-electron chi connectivity index (χ4n) is 1.75. The first-order valence-corrected chi connectivity index (χ1v) is 6.44. The number of nitrogens with one attached hydrogen (secondary N) is 1. The van der Waals surface area contributed by atoms with Crippen molar-refractivity contribution in [3.8, 4) is 0 Å². The van der Waals surface area contributed by atoms with Gasteiger partial charge in [-0.15, -0.1) is 24.0 Å². The zero-order chi connectivity index (χ0) is 14.4. The second-order valence-electron chi connectivity index (χ2n) is 4.31. The van der Waals surface area contributed by atoms with Crippen LogP contribution in [0.1, 0.15) is 18.2 Å². The highest BCUT2D eigenvalue weighted by atomic mass is 127. The van der Waals surface area contributed by atoms with Gasteiger partial charge in [0.05, 0.1) is 12.2 Å². The zero-order valence-electron chi connectivity index (χ0n) is 11.7. The van der Waals surface area contributed by atoms with Gasteiger partial charge in [-0.3, -0.25) is 4.98 Å². The van der Waals surface area contributed by atoms with Crippen LogP contribution in [-0.2, 0) is 13.0 Å².